The molecular formula is C9H12S2. The molecule has 2 rings (SSSR count). The molecule has 11 heavy (non-hydrogen) atoms. The number of hydrogen-bond donors (Lipinski definition) is 1. The molecule has 0 saturated carbocycles. The molecule has 60 valence electrons. The Bertz CT molecular complexity index is 227. The highest BCUT2D eigenvalue weighted by atomic mass is 32.2. The Morgan fingerprint density at radius 2 is 2.00 bits per heavy atom. The van der Waals surface area contributed by atoms with Crippen LogP contribution < -0.4 is 0 Å². The van der Waals surface area contributed by atoms with E-state index in [0.717, 1.165) is 0 Å². The van der Waals surface area contributed by atoms with Crippen molar-refractivity contribution in [1.82, 2.24) is 0 Å². The van der Waals surface area contributed by atoms with Gasteiger partial charge >= 0.3 is 0 Å². The first-order chi connectivity index (χ1) is 5.36. The van der Waals surface area contributed by atoms with E-state index in [1.807, 2.05) is 11.3 Å². The molecule has 0 aromatic carbocycles. The molecule has 1 aromatic heterocycles. The summed E-state index contributed by atoms with van der Waals surface area (Å²) in [5, 5.41) is 0. The molecule has 1 aromatic rings. The molecule has 0 atom stereocenters. The summed E-state index contributed by atoms with van der Waals surface area (Å²) >= 11 is 6.23. The van der Waals surface area contributed by atoms with Gasteiger partial charge in [0.05, 0.1) is 4.21 Å². The summed E-state index contributed by atoms with van der Waals surface area (Å²) in [4.78, 5) is 1.59. The fourth-order valence-corrected chi connectivity index (χ4v) is 3.13. The fourth-order valence-electron chi connectivity index (χ4n) is 1.65. The lowest BCUT2D eigenvalue weighted by Gasteiger charge is -1.92. The lowest BCUT2D eigenvalue weighted by molar-refractivity contribution is 0.712. The zero-order valence-electron chi connectivity index (χ0n) is 6.47. The van der Waals surface area contributed by atoms with Gasteiger partial charge in [-0.25, -0.2) is 0 Å². The smallest absolute Gasteiger partial charge is 0.0573 e. The van der Waals surface area contributed by atoms with Gasteiger partial charge in [0.15, 0.2) is 0 Å². The minimum atomic E-state index is 1.19. The van der Waals surface area contributed by atoms with Gasteiger partial charge in [0.2, 0.25) is 0 Å². The van der Waals surface area contributed by atoms with Crippen LogP contribution in [0.25, 0.3) is 0 Å². The van der Waals surface area contributed by atoms with Crippen LogP contribution in [0, 0.1) is 0 Å². The zero-order valence-corrected chi connectivity index (χ0v) is 8.18. The van der Waals surface area contributed by atoms with Gasteiger partial charge < -0.3 is 0 Å². The van der Waals surface area contributed by atoms with Gasteiger partial charge in [0, 0.05) is 4.88 Å². The van der Waals surface area contributed by atoms with Crippen LogP contribution >= 0.6 is 24.0 Å². The largest absolute Gasteiger partial charge is 0.134 e. The molecule has 0 radical (unpaired) electrons. The van der Waals surface area contributed by atoms with Crippen LogP contribution in [0.3, 0.4) is 0 Å². The van der Waals surface area contributed by atoms with E-state index in [0.29, 0.717) is 0 Å². The number of hydrogen-bond acceptors (Lipinski definition) is 2. The van der Waals surface area contributed by atoms with Gasteiger partial charge in [-0.15, -0.1) is 24.0 Å². The Hall–Kier alpha value is 0.0500. The minimum absolute atomic E-state index is 1.19. The normalized spacial score (nSPS) is 17.5. The van der Waals surface area contributed by atoms with Gasteiger partial charge in [-0.2, -0.15) is 0 Å². The van der Waals surface area contributed by atoms with Crippen LogP contribution in [0.15, 0.2) is 10.3 Å². The van der Waals surface area contributed by atoms with Gasteiger partial charge in [-0.05, 0) is 37.3 Å². The van der Waals surface area contributed by atoms with Crippen LogP contribution in [-0.4, -0.2) is 0 Å². The van der Waals surface area contributed by atoms with Gasteiger partial charge in [-0.1, -0.05) is 6.42 Å². The summed E-state index contributed by atoms with van der Waals surface area (Å²) < 4.78 is 1.19. The van der Waals surface area contributed by atoms with Crippen molar-refractivity contribution in [2.45, 2.75) is 36.3 Å². The van der Waals surface area contributed by atoms with Crippen LogP contribution in [0.1, 0.15) is 29.7 Å². The first kappa shape index (κ1) is 7.69. The van der Waals surface area contributed by atoms with E-state index in [1.54, 1.807) is 10.4 Å². The quantitative estimate of drug-likeness (QED) is 0.464. The van der Waals surface area contributed by atoms with Crippen molar-refractivity contribution >= 4 is 24.0 Å². The van der Waals surface area contributed by atoms with E-state index in [4.69, 9.17) is 0 Å². The standard InChI is InChI=1S/C9H12S2/c10-9-6-7-4-2-1-3-5-8(7)11-9/h6,10H,1-5H2. The molecule has 0 bridgehead atoms. The number of thiol groups is 1. The molecule has 0 unspecified atom stereocenters. The van der Waals surface area contributed by atoms with Crippen molar-refractivity contribution in [2.24, 2.45) is 0 Å². The predicted molar refractivity (Wildman–Crippen MR) is 52.8 cm³/mol. The maximum absolute atomic E-state index is 4.36. The van der Waals surface area contributed by atoms with Crippen molar-refractivity contribution in [2.75, 3.05) is 0 Å². The average Bonchev–Trinajstić information content (AvgIpc) is 2.17. The summed E-state index contributed by atoms with van der Waals surface area (Å²) in [5.41, 5.74) is 1.57. The molecule has 1 aliphatic carbocycles. The molecule has 0 nitrogen and oxygen atoms in total. The topological polar surface area (TPSA) is 0 Å². The second-order valence-electron chi connectivity index (χ2n) is 3.09. The second kappa shape index (κ2) is 3.20. The highest BCUT2D eigenvalue weighted by molar-refractivity contribution is 7.82. The number of thiophene rings is 1. The highest BCUT2D eigenvalue weighted by Gasteiger charge is 2.10. The molecule has 0 aliphatic heterocycles. The molecule has 0 N–H and O–H groups in total. The second-order valence-corrected chi connectivity index (χ2v) is 5.01. The summed E-state index contributed by atoms with van der Waals surface area (Å²) in [5.74, 6) is 0. The Morgan fingerprint density at radius 3 is 2.91 bits per heavy atom. The van der Waals surface area contributed by atoms with E-state index >= 15 is 0 Å². The third-order valence-corrected chi connectivity index (χ3v) is 3.68. The Kier molecular flexibility index (Phi) is 2.23. The lowest BCUT2D eigenvalue weighted by atomic mass is 10.2. The predicted octanol–water partition coefficient (Wildman–Crippen LogP) is 3.31. The molecule has 0 saturated heterocycles. The summed E-state index contributed by atoms with van der Waals surface area (Å²) in [6.07, 6.45) is 6.73. The van der Waals surface area contributed by atoms with Crippen LogP contribution in [0.2, 0.25) is 0 Å². The van der Waals surface area contributed by atoms with E-state index in [2.05, 4.69) is 18.7 Å². The molecule has 0 fully saturated rings. The van der Waals surface area contributed by atoms with Crippen molar-refractivity contribution in [1.29, 1.82) is 0 Å². The average molecular weight is 184 g/mol. The number of aryl methyl sites for hydroxylation is 2. The maximum Gasteiger partial charge on any atom is 0.0573 e. The Morgan fingerprint density at radius 1 is 1.18 bits per heavy atom. The van der Waals surface area contributed by atoms with Gasteiger partial charge in [-0.3, -0.25) is 0 Å². The first-order valence-electron chi connectivity index (χ1n) is 4.17. The van der Waals surface area contributed by atoms with Crippen LogP contribution in [-0.2, 0) is 12.8 Å². The van der Waals surface area contributed by atoms with Gasteiger partial charge in [0.25, 0.3) is 0 Å². The molecule has 0 amide bonds. The van der Waals surface area contributed by atoms with Crippen molar-refractivity contribution in [3.05, 3.63) is 16.5 Å². The van der Waals surface area contributed by atoms with Gasteiger partial charge in [0.1, 0.15) is 0 Å². The molecule has 1 heterocycles. The summed E-state index contributed by atoms with van der Waals surface area (Å²) in [6, 6.07) is 2.24. The van der Waals surface area contributed by atoms with E-state index in [-0.39, 0.29) is 0 Å². The van der Waals surface area contributed by atoms with E-state index < -0.39 is 0 Å². The monoisotopic (exact) mass is 184 g/mol. The molecule has 1 aliphatic rings. The van der Waals surface area contributed by atoms with Crippen molar-refractivity contribution < 1.29 is 0 Å². The fraction of sp³-hybridized carbons (Fsp3) is 0.556. The first-order valence-corrected chi connectivity index (χ1v) is 5.43. The Labute approximate surface area is 77.0 Å². The molecule has 0 spiro atoms. The zero-order chi connectivity index (χ0) is 7.68. The minimum Gasteiger partial charge on any atom is -0.134 e. The third-order valence-electron chi connectivity index (χ3n) is 2.23. The lowest BCUT2D eigenvalue weighted by Crippen LogP contribution is -1.80. The van der Waals surface area contributed by atoms with E-state index in [9.17, 15) is 0 Å². The summed E-state index contributed by atoms with van der Waals surface area (Å²) in [6.45, 7) is 0. The maximum atomic E-state index is 4.36. The van der Waals surface area contributed by atoms with Crippen LogP contribution in [0.5, 0.6) is 0 Å². The summed E-state index contributed by atoms with van der Waals surface area (Å²) in [7, 11) is 0. The van der Waals surface area contributed by atoms with Crippen molar-refractivity contribution in [3.63, 3.8) is 0 Å². The molecular weight excluding hydrogens is 172 g/mol. The van der Waals surface area contributed by atoms with Crippen molar-refractivity contribution in [3.8, 4) is 0 Å². The number of fused-ring (bicyclic) bond motifs is 1. The highest BCUT2D eigenvalue weighted by Crippen LogP contribution is 2.30. The Balaban J connectivity index is 2.32. The number of rotatable bonds is 0. The SMILES string of the molecule is Sc1cc2c(s1)CCCCC2. The molecule has 2 heteroatoms. The third kappa shape index (κ3) is 1.62. The van der Waals surface area contributed by atoms with E-state index in [1.165, 1.54) is 36.3 Å². The van der Waals surface area contributed by atoms with Crippen LogP contribution in [0.4, 0.5) is 0 Å².